The maximum atomic E-state index is 10.3. The van der Waals surface area contributed by atoms with E-state index >= 15 is 0 Å². The molecule has 0 amide bonds. The SMILES string of the molecule is C#Cc1ccc(-c2nnc(NC3CC(C)(O)C3)cc2C2CC2)c(O)c1. The first kappa shape index (κ1) is 15.9. The van der Waals surface area contributed by atoms with Crippen LogP contribution in [0.3, 0.4) is 0 Å². The Morgan fingerprint density at radius 2 is 2.00 bits per heavy atom. The highest BCUT2D eigenvalue weighted by Crippen LogP contribution is 2.46. The molecule has 3 N–H and O–H groups in total. The van der Waals surface area contributed by atoms with Gasteiger partial charge in [-0.1, -0.05) is 5.92 Å². The van der Waals surface area contributed by atoms with Crippen LogP contribution in [0.25, 0.3) is 11.3 Å². The summed E-state index contributed by atoms with van der Waals surface area (Å²) in [6.45, 7) is 1.85. The minimum atomic E-state index is -0.574. The number of aliphatic hydroxyl groups is 1. The van der Waals surface area contributed by atoms with Crippen LogP contribution in [-0.2, 0) is 0 Å². The molecule has 5 nitrogen and oxygen atoms in total. The molecule has 0 aliphatic heterocycles. The van der Waals surface area contributed by atoms with Gasteiger partial charge >= 0.3 is 0 Å². The number of phenols is 1. The van der Waals surface area contributed by atoms with E-state index in [1.165, 1.54) is 0 Å². The zero-order valence-corrected chi connectivity index (χ0v) is 14.2. The molecule has 2 aliphatic rings. The summed E-state index contributed by atoms with van der Waals surface area (Å²) >= 11 is 0. The Kier molecular flexibility index (Phi) is 3.66. The number of rotatable bonds is 4. The summed E-state index contributed by atoms with van der Waals surface area (Å²) in [5.41, 5.74) is 2.54. The summed E-state index contributed by atoms with van der Waals surface area (Å²) in [6, 6.07) is 7.44. The Morgan fingerprint density at radius 3 is 2.60 bits per heavy atom. The van der Waals surface area contributed by atoms with Crippen LogP contribution >= 0.6 is 0 Å². The molecule has 4 rings (SSSR count). The molecule has 0 spiro atoms. The van der Waals surface area contributed by atoms with Crippen LogP contribution in [0, 0.1) is 12.3 Å². The maximum absolute atomic E-state index is 10.3. The number of nitrogens with one attached hydrogen (secondary N) is 1. The number of hydrogen-bond donors (Lipinski definition) is 3. The van der Waals surface area contributed by atoms with Crippen molar-refractivity contribution in [2.75, 3.05) is 5.32 Å². The van der Waals surface area contributed by atoms with Gasteiger partial charge in [-0.05, 0) is 68.4 Å². The van der Waals surface area contributed by atoms with E-state index in [1.54, 1.807) is 18.2 Å². The largest absolute Gasteiger partial charge is 0.507 e. The molecule has 5 heteroatoms. The first-order valence-corrected chi connectivity index (χ1v) is 8.62. The van der Waals surface area contributed by atoms with Gasteiger partial charge in [0.25, 0.3) is 0 Å². The second kappa shape index (κ2) is 5.75. The molecule has 1 aromatic heterocycles. The Hall–Kier alpha value is -2.58. The number of phenolic OH excluding ortho intramolecular Hbond substituents is 1. The summed E-state index contributed by atoms with van der Waals surface area (Å²) in [5.74, 6) is 3.84. The van der Waals surface area contributed by atoms with E-state index in [-0.39, 0.29) is 11.8 Å². The van der Waals surface area contributed by atoms with E-state index in [1.807, 2.05) is 13.0 Å². The Labute approximate surface area is 147 Å². The predicted octanol–water partition coefficient (Wildman–Crippen LogP) is 3.03. The molecular formula is C20H21N3O2. The van der Waals surface area contributed by atoms with Gasteiger partial charge in [0.05, 0.1) is 5.60 Å². The van der Waals surface area contributed by atoms with Gasteiger partial charge in [-0.2, -0.15) is 0 Å². The van der Waals surface area contributed by atoms with Crippen LogP contribution in [0.1, 0.15) is 49.7 Å². The number of aromatic hydroxyl groups is 1. The first-order valence-electron chi connectivity index (χ1n) is 8.62. The predicted molar refractivity (Wildman–Crippen MR) is 96.3 cm³/mol. The number of hydrogen-bond acceptors (Lipinski definition) is 5. The number of benzene rings is 1. The molecular weight excluding hydrogens is 314 g/mol. The summed E-state index contributed by atoms with van der Waals surface area (Å²) in [5, 5.41) is 32.2. The summed E-state index contributed by atoms with van der Waals surface area (Å²) in [4.78, 5) is 0. The highest BCUT2D eigenvalue weighted by atomic mass is 16.3. The molecule has 25 heavy (non-hydrogen) atoms. The number of anilines is 1. The quantitative estimate of drug-likeness (QED) is 0.749. The fourth-order valence-electron chi connectivity index (χ4n) is 3.53. The zero-order chi connectivity index (χ0) is 17.6. The first-order chi connectivity index (χ1) is 11.9. The Morgan fingerprint density at radius 1 is 1.24 bits per heavy atom. The minimum Gasteiger partial charge on any atom is -0.507 e. The van der Waals surface area contributed by atoms with Crippen molar-refractivity contribution in [3.63, 3.8) is 0 Å². The van der Waals surface area contributed by atoms with Gasteiger partial charge in [-0.25, -0.2) is 0 Å². The molecule has 2 aliphatic carbocycles. The van der Waals surface area contributed by atoms with Crippen molar-refractivity contribution in [1.29, 1.82) is 0 Å². The lowest BCUT2D eigenvalue weighted by atomic mass is 9.77. The van der Waals surface area contributed by atoms with E-state index in [4.69, 9.17) is 6.42 Å². The topological polar surface area (TPSA) is 78.3 Å². The molecule has 1 aromatic carbocycles. The molecule has 2 fully saturated rings. The second-order valence-corrected chi connectivity index (χ2v) is 7.43. The van der Waals surface area contributed by atoms with Crippen molar-refractivity contribution in [2.45, 2.75) is 50.2 Å². The summed E-state index contributed by atoms with van der Waals surface area (Å²) in [7, 11) is 0. The van der Waals surface area contributed by atoms with Crippen LogP contribution < -0.4 is 5.32 Å². The number of nitrogens with zero attached hydrogens (tertiary/aromatic N) is 2. The Bertz CT molecular complexity index is 858. The molecule has 0 saturated heterocycles. The summed E-state index contributed by atoms with van der Waals surface area (Å²) in [6.07, 6.45) is 9.06. The van der Waals surface area contributed by atoms with E-state index in [0.29, 0.717) is 29.9 Å². The highest BCUT2D eigenvalue weighted by molar-refractivity contribution is 5.72. The van der Waals surface area contributed by atoms with Gasteiger partial charge in [0.1, 0.15) is 17.3 Å². The van der Waals surface area contributed by atoms with Crippen molar-refractivity contribution in [3.8, 4) is 29.4 Å². The van der Waals surface area contributed by atoms with Crippen molar-refractivity contribution < 1.29 is 10.2 Å². The monoisotopic (exact) mass is 335 g/mol. The summed E-state index contributed by atoms with van der Waals surface area (Å²) < 4.78 is 0. The van der Waals surface area contributed by atoms with Gasteiger partial charge in [0.15, 0.2) is 0 Å². The molecule has 0 unspecified atom stereocenters. The van der Waals surface area contributed by atoms with Crippen LogP contribution in [0.15, 0.2) is 24.3 Å². The number of terminal acetylenes is 1. The van der Waals surface area contributed by atoms with Gasteiger partial charge in [0.2, 0.25) is 0 Å². The molecule has 0 radical (unpaired) electrons. The van der Waals surface area contributed by atoms with Crippen molar-refractivity contribution >= 4 is 5.82 Å². The molecule has 2 saturated carbocycles. The lowest BCUT2D eigenvalue weighted by molar-refractivity contribution is -0.0235. The van der Waals surface area contributed by atoms with Crippen molar-refractivity contribution in [2.24, 2.45) is 0 Å². The van der Waals surface area contributed by atoms with Gasteiger partial charge in [-0.3, -0.25) is 0 Å². The average Bonchev–Trinajstić information content (AvgIpc) is 3.38. The third-order valence-electron chi connectivity index (χ3n) is 4.98. The van der Waals surface area contributed by atoms with Crippen molar-refractivity contribution in [3.05, 3.63) is 35.4 Å². The van der Waals surface area contributed by atoms with Gasteiger partial charge in [-0.15, -0.1) is 16.6 Å². The lowest BCUT2D eigenvalue weighted by Gasteiger charge is -2.41. The third kappa shape index (κ3) is 3.18. The van der Waals surface area contributed by atoms with E-state index in [9.17, 15) is 10.2 Å². The van der Waals surface area contributed by atoms with Crippen LogP contribution in [-0.4, -0.2) is 32.1 Å². The Balaban J connectivity index is 1.64. The zero-order valence-electron chi connectivity index (χ0n) is 14.2. The standard InChI is InChI=1S/C20H21N3O2/c1-3-12-4-7-15(17(24)8-12)19-16(13-5-6-13)9-18(22-23-19)21-14-10-20(2,25)11-14/h1,4,7-9,13-14,24-25H,5-6,10-11H2,2H3,(H,21,22). The molecule has 2 aromatic rings. The molecule has 0 bridgehead atoms. The second-order valence-electron chi connectivity index (χ2n) is 7.43. The van der Waals surface area contributed by atoms with Crippen LogP contribution in [0.5, 0.6) is 5.75 Å². The molecule has 128 valence electrons. The highest BCUT2D eigenvalue weighted by Gasteiger charge is 2.38. The average molecular weight is 335 g/mol. The normalized spacial score (nSPS) is 25.1. The van der Waals surface area contributed by atoms with E-state index in [2.05, 4.69) is 21.4 Å². The fraction of sp³-hybridized carbons (Fsp3) is 0.400. The maximum Gasteiger partial charge on any atom is 0.149 e. The van der Waals surface area contributed by atoms with E-state index < -0.39 is 5.60 Å². The molecule has 1 heterocycles. The minimum absolute atomic E-state index is 0.127. The third-order valence-corrected chi connectivity index (χ3v) is 4.98. The van der Waals surface area contributed by atoms with Crippen LogP contribution in [0.2, 0.25) is 0 Å². The van der Waals surface area contributed by atoms with Crippen molar-refractivity contribution in [1.82, 2.24) is 10.2 Å². The van der Waals surface area contributed by atoms with E-state index in [0.717, 1.165) is 29.9 Å². The van der Waals surface area contributed by atoms with Gasteiger partial charge in [0, 0.05) is 17.2 Å². The number of aromatic nitrogens is 2. The van der Waals surface area contributed by atoms with Gasteiger partial charge < -0.3 is 15.5 Å². The smallest absolute Gasteiger partial charge is 0.149 e. The lowest BCUT2D eigenvalue weighted by Crippen LogP contribution is -2.48. The van der Waals surface area contributed by atoms with Crippen LogP contribution in [0.4, 0.5) is 5.82 Å². The fourth-order valence-corrected chi connectivity index (χ4v) is 3.53. The molecule has 0 atom stereocenters.